The lowest BCUT2D eigenvalue weighted by Crippen LogP contribution is -2.13. The summed E-state index contributed by atoms with van der Waals surface area (Å²) in [5, 5.41) is 1.11. The van der Waals surface area contributed by atoms with E-state index in [-0.39, 0.29) is 5.78 Å². The summed E-state index contributed by atoms with van der Waals surface area (Å²) in [6.07, 6.45) is 3.26. The summed E-state index contributed by atoms with van der Waals surface area (Å²) in [6.45, 7) is 0. The molecule has 0 amide bonds. The van der Waals surface area contributed by atoms with Gasteiger partial charge in [0.15, 0.2) is 5.78 Å². The van der Waals surface area contributed by atoms with Gasteiger partial charge < -0.3 is 0 Å². The number of carbonyl (C=O) groups excluding carboxylic acids is 1. The first-order valence-corrected chi connectivity index (χ1v) is 10.4. The summed E-state index contributed by atoms with van der Waals surface area (Å²) >= 11 is 13.6. The van der Waals surface area contributed by atoms with Gasteiger partial charge in [-0.2, -0.15) is 0 Å². The minimum atomic E-state index is -0.0591. The molecule has 0 atom stereocenters. The highest BCUT2D eigenvalue weighted by atomic mass is 35.5. The van der Waals surface area contributed by atoms with Crippen molar-refractivity contribution in [2.24, 2.45) is 4.40 Å². The Balaban J connectivity index is 1.81. The van der Waals surface area contributed by atoms with Crippen LogP contribution >= 0.6 is 35.1 Å². The molecule has 0 radical (unpaired) electrons. The van der Waals surface area contributed by atoms with E-state index >= 15 is 0 Å². The summed E-state index contributed by atoms with van der Waals surface area (Å²) in [7, 11) is 0. The van der Waals surface area contributed by atoms with E-state index in [0.29, 0.717) is 10.0 Å². The van der Waals surface area contributed by atoms with Gasteiger partial charge in [0.2, 0.25) is 0 Å². The third-order valence-electron chi connectivity index (χ3n) is 4.38. The zero-order valence-electron chi connectivity index (χ0n) is 15.2. The molecule has 0 aliphatic heterocycles. The van der Waals surface area contributed by atoms with Crippen molar-refractivity contribution in [3.63, 3.8) is 0 Å². The molecular formula is C24H15Cl2NOS. The Morgan fingerprint density at radius 3 is 1.79 bits per heavy atom. The minimum Gasteiger partial charge on any atom is -0.290 e. The maximum atomic E-state index is 12.5. The van der Waals surface area contributed by atoms with Crippen LogP contribution in [0.2, 0.25) is 10.0 Å². The van der Waals surface area contributed by atoms with Gasteiger partial charge in [0.1, 0.15) is 0 Å². The van der Waals surface area contributed by atoms with E-state index in [1.807, 2.05) is 66.7 Å². The van der Waals surface area contributed by atoms with E-state index in [1.165, 1.54) is 11.9 Å². The summed E-state index contributed by atoms with van der Waals surface area (Å²) in [5.41, 5.74) is 4.18. The second kappa shape index (κ2) is 8.83. The molecule has 0 saturated heterocycles. The molecular weight excluding hydrogens is 421 g/mol. The van der Waals surface area contributed by atoms with Crippen molar-refractivity contribution in [2.75, 3.05) is 0 Å². The molecule has 4 rings (SSSR count). The van der Waals surface area contributed by atoms with Crippen molar-refractivity contribution in [3.05, 3.63) is 112 Å². The number of hydrogen-bond donors (Lipinski definition) is 0. The number of hydrogen-bond acceptors (Lipinski definition) is 3. The molecule has 0 heterocycles. The smallest absolute Gasteiger partial charge is 0.180 e. The molecule has 1 aliphatic carbocycles. The predicted octanol–water partition coefficient (Wildman–Crippen LogP) is 7.19. The zero-order chi connectivity index (χ0) is 20.2. The fourth-order valence-corrected chi connectivity index (χ4v) is 4.20. The third kappa shape index (κ3) is 4.54. The van der Waals surface area contributed by atoms with Crippen LogP contribution in [0.15, 0.2) is 100 Å². The molecule has 0 fully saturated rings. The Labute approximate surface area is 183 Å². The molecule has 1 aliphatic rings. The number of ketones is 1. The highest BCUT2D eigenvalue weighted by Gasteiger charge is 2.22. The van der Waals surface area contributed by atoms with Gasteiger partial charge in [0.25, 0.3) is 0 Å². The quantitative estimate of drug-likeness (QED) is 0.320. The van der Waals surface area contributed by atoms with E-state index in [9.17, 15) is 4.79 Å². The molecule has 0 N–H and O–H groups in total. The maximum absolute atomic E-state index is 12.5. The lowest BCUT2D eigenvalue weighted by Gasteiger charge is -2.18. The van der Waals surface area contributed by atoms with Crippen LogP contribution in [0, 0.1) is 0 Å². The van der Waals surface area contributed by atoms with Gasteiger partial charge in [-0.3, -0.25) is 4.79 Å². The highest BCUT2D eigenvalue weighted by molar-refractivity contribution is 7.98. The monoisotopic (exact) mass is 435 g/mol. The number of nitrogens with zero attached hydrogens (tertiary/aromatic N) is 1. The average Bonchev–Trinajstić information content (AvgIpc) is 2.74. The van der Waals surface area contributed by atoms with Crippen molar-refractivity contribution >= 4 is 57.8 Å². The predicted molar refractivity (Wildman–Crippen MR) is 124 cm³/mol. The zero-order valence-corrected chi connectivity index (χ0v) is 17.5. The summed E-state index contributed by atoms with van der Waals surface area (Å²) < 4.78 is 4.81. The van der Waals surface area contributed by atoms with Gasteiger partial charge in [0.05, 0.1) is 10.7 Å². The van der Waals surface area contributed by atoms with E-state index in [0.717, 1.165) is 32.9 Å². The van der Waals surface area contributed by atoms with Gasteiger partial charge in [-0.05, 0) is 41.5 Å². The summed E-state index contributed by atoms with van der Waals surface area (Å²) in [6, 6.07) is 24.9. The number of benzene rings is 3. The van der Waals surface area contributed by atoms with Crippen LogP contribution in [-0.2, 0) is 4.79 Å². The molecule has 0 bridgehead atoms. The van der Waals surface area contributed by atoms with Crippen molar-refractivity contribution in [3.8, 4) is 0 Å². The Morgan fingerprint density at radius 1 is 0.724 bits per heavy atom. The highest BCUT2D eigenvalue weighted by Crippen LogP contribution is 2.35. The molecule has 0 unspecified atom stereocenters. The van der Waals surface area contributed by atoms with Gasteiger partial charge in [0, 0.05) is 33.0 Å². The first-order valence-electron chi connectivity index (χ1n) is 8.91. The lowest BCUT2D eigenvalue weighted by molar-refractivity contribution is -0.110. The Bertz CT molecular complexity index is 1090. The van der Waals surface area contributed by atoms with Crippen LogP contribution in [0.4, 0.5) is 0 Å². The first-order chi connectivity index (χ1) is 14.1. The standard InChI is InChI=1S/C24H15Cl2NOS/c25-18-11-12-23(22(26)13-18)29-27-24-20(16-7-3-1-4-8-16)14-19(28)15-21(24)17-9-5-2-6-10-17/h1-15H. The van der Waals surface area contributed by atoms with Crippen LogP contribution < -0.4 is 0 Å². The molecule has 5 heteroatoms. The molecule has 2 nitrogen and oxygen atoms in total. The van der Waals surface area contributed by atoms with Crippen molar-refractivity contribution < 1.29 is 4.79 Å². The number of rotatable bonds is 4. The van der Waals surface area contributed by atoms with Crippen LogP contribution in [0.3, 0.4) is 0 Å². The van der Waals surface area contributed by atoms with Crippen molar-refractivity contribution in [1.29, 1.82) is 0 Å². The average molecular weight is 436 g/mol. The SMILES string of the molecule is O=C1C=C(c2ccccc2)C(=NSc2ccc(Cl)cc2Cl)C(c2ccccc2)=C1. The minimum absolute atomic E-state index is 0.0591. The van der Waals surface area contributed by atoms with E-state index in [2.05, 4.69) is 0 Å². The number of carbonyl (C=O) groups is 1. The van der Waals surface area contributed by atoms with Crippen LogP contribution in [0.5, 0.6) is 0 Å². The van der Waals surface area contributed by atoms with E-state index < -0.39 is 0 Å². The molecule has 142 valence electrons. The second-order valence-electron chi connectivity index (χ2n) is 6.36. The molecule has 3 aromatic carbocycles. The van der Waals surface area contributed by atoms with Gasteiger partial charge in [-0.1, -0.05) is 83.9 Å². The van der Waals surface area contributed by atoms with Crippen LogP contribution in [0.1, 0.15) is 11.1 Å². The van der Waals surface area contributed by atoms with E-state index in [1.54, 1.807) is 24.3 Å². The van der Waals surface area contributed by atoms with Gasteiger partial charge in [-0.25, -0.2) is 4.40 Å². The fraction of sp³-hybridized carbons (Fsp3) is 0. The normalized spacial score (nSPS) is 13.7. The Morgan fingerprint density at radius 2 is 1.28 bits per heavy atom. The molecule has 0 saturated carbocycles. The topological polar surface area (TPSA) is 29.4 Å². The fourth-order valence-electron chi connectivity index (χ4n) is 3.03. The second-order valence-corrected chi connectivity index (χ2v) is 8.00. The molecule has 0 spiro atoms. The molecule has 29 heavy (non-hydrogen) atoms. The Kier molecular flexibility index (Phi) is 6.00. The Hall–Kier alpha value is -2.59. The van der Waals surface area contributed by atoms with Crippen molar-refractivity contribution in [2.45, 2.75) is 4.90 Å². The summed E-state index contributed by atoms with van der Waals surface area (Å²) in [4.78, 5) is 13.3. The summed E-state index contributed by atoms with van der Waals surface area (Å²) in [5.74, 6) is -0.0591. The lowest BCUT2D eigenvalue weighted by atomic mass is 9.87. The van der Waals surface area contributed by atoms with Crippen LogP contribution in [0.25, 0.3) is 11.1 Å². The molecule has 3 aromatic rings. The van der Waals surface area contributed by atoms with Crippen LogP contribution in [-0.4, -0.2) is 11.5 Å². The number of halogens is 2. The molecule has 0 aromatic heterocycles. The third-order valence-corrected chi connectivity index (χ3v) is 5.87. The van der Waals surface area contributed by atoms with Crippen molar-refractivity contribution in [1.82, 2.24) is 0 Å². The van der Waals surface area contributed by atoms with Gasteiger partial charge in [-0.15, -0.1) is 0 Å². The number of allylic oxidation sites excluding steroid dienone is 4. The largest absolute Gasteiger partial charge is 0.290 e. The maximum Gasteiger partial charge on any atom is 0.180 e. The van der Waals surface area contributed by atoms with E-state index in [4.69, 9.17) is 27.6 Å². The first kappa shape index (κ1) is 19.7. The van der Waals surface area contributed by atoms with Gasteiger partial charge >= 0.3 is 0 Å².